The number of pyridine rings is 2. The number of aromatic nitrogens is 2. The van der Waals surface area contributed by atoms with E-state index in [4.69, 9.17) is 9.98 Å². The first-order valence-electron chi connectivity index (χ1n) is 22.2. The maximum absolute atomic E-state index is 4.82. The quantitative estimate of drug-likeness (QED) is 0.167. The fourth-order valence-electron chi connectivity index (χ4n) is 9.72. The standard InChI is InChI=1S/2C27H26N4/c2*1-30-10-12-31(13-11-30)24-7-5-19-14-21(16-22(19)17-24)20-6-8-25-23(15-20)18-27(29-25)26-4-2-3-9-28-26/h2*2-9,14-15,17H,10-13,16,18H2,1H3. The molecule has 0 unspecified atom stereocenters. The molecule has 0 amide bonds. The van der Waals surface area contributed by atoms with E-state index in [-0.39, 0.29) is 0 Å². The van der Waals surface area contributed by atoms with Crippen LogP contribution in [0, 0.1) is 0 Å². The molecular formula is C54H52N8. The normalized spacial score (nSPS) is 17.9. The summed E-state index contributed by atoms with van der Waals surface area (Å²) in [5.74, 6) is 0. The second kappa shape index (κ2) is 16.4. The molecule has 308 valence electrons. The van der Waals surface area contributed by atoms with Crippen LogP contribution in [0.3, 0.4) is 0 Å². The molecule has 6 heterocycles. The Labute approximate surface area is 365 Å². The summed E-state index contributed by atoms with van der Waals surface area (Å²) >= 11 is 0. The third-order valence-electron chi connectivity index (χ3n) is 13.5. The van der Waals surface area contributed by atoms with E-state index >= 15 is 0 Å². The van der Waals surface area contributed by atoms with Gasteiger partial charge >= 0.3 is 0 Å². The number of nitrogens with zero attached hydrogens (tertiary/aromatic N) is 8. The Morgan fingerprint density at radius 1 is 0.419 bits per heavy atom. The predicted octanol–water partition coefficient (Wildman–Crippen LogP) is 9.21. The van der Waals surface area contributed by atoms with Crippen molar-refractivity contribution >= 4 is 57.5 Å². The zero-order valence-electron chi connectivity index (χ0n) is 35.8. The van der Waals surface area contributed by atoms with E-state index in [1.165, 1.54) is 67.0 Å². The molecule has 2 fully saturated rings. The fraction of sp³-hybridized carbons (Fsp3) is 0.259. The summed E-state index contributed by atoms with van der Waals surface area (Å²) in [6, 6.07) is 39.4. The molecule has 62 heavy (non-hydrogen) atoms. The maximum Gasteiger partial charge on any atom is 0.0848 e. The molecular weight excluding hydrogens is 761 g/mol. The molecule has 2 aromatic heterocycles. The van der Waals surface area contributed by atoms with Gasteiger partial charge in [0.05, 0.1) is 34.2 Å². The predicted molar refractivity (Wildman–Crippen MR) is 257 cm³/mol. The van der Waals surface area contributed by atoms with Crippen LogP contribution in [0.5, 0.6) is 0 Å². The minimum atomic E-state index is 0.855. The average molecular weight is 813 g/mol. The van der Waals surface area contributed by atoms with Crippen LogP contribution in [0.25, 0.3) is 23.3 Å². The van der Waals surface area contributed by atoms with Crippen LogP contribution in [0.15, 0.2) is 132 Å². The molecule has 4 aromatic carbocycles. The van der Waals surface area contributed by atoms with E-state index in [0.29, 0.717) is 0 Å². The first-order chi connectivity index (χ1) is 30.5. The molecule has 0 atom stereocenters. The van der Waals surface area contributed by atoms with Crippen LogP contribution >= 0.6 is 0 Å². The van der Waals surface area contributed by atoms with Gasteiger partial charge in [-0.1, -0.05) is 48.6 Å². The number of fused-ring (bicyclic) bond motifs is 4. The van der Waals surface area contributed by atoms with E-state index in [9.17, 15) is 0 Å². The Bertz CT molecular complexity index is 2590. The first-order valence-corrected chi connectivity index (χ1v) is 22.2. The molecule has 0 N–H and O–H groups in total. The summed E-state index contributed by atoms with van der Waals surface area (Å²) in [4.78, 5) is 28.4. The summed E-state index contributed by atoms with van der Waals surface area (Å²) in [5, 5.41) is 0. The van der Waals surface area contributed by atoms with E-state index in [2.05, 4.69) is 129 Å². The van der Waals surface area contributed by atoms with Gasteiger partial charge in [0.1, 0.15) is 0 Å². The zero-order chi connectivity index (χ0) is 41.6. The molecule has 12 rings (SSSR count). The summed E-state index contributed by atoms with van der Waals surface area (Å²) in [6.07, 6.45) is 12.1. The van der Waals surface area contributed by atoms with Crippen molar-refractivity contribution in [3.63, 3.8) is 0 Å². The van der Waals surface area contributed by atoms with Gasteiger partial charge in [0.15, 0.2) is 0 Å². The van der Waals surface area contributed by atoms with Crippen molar-refractivity contribution in [2.24, 2.45) is 9.98 Å². The number of allylic oxidation sites excluding steroid dienone is 2. The van der Waals surface area contributed by atoms with Gasteiger partial charge in [0.25, 0.3) is 0 Å². The maximum atomic E-state index is 4.82. The number of piperazine rings is 2. The van der Waals surface area contributed by atoms with E-state index in [1.54, 1.807) is 0 Å². The number of aliphatic imine (C=N–C) groups is 2. The molecule has 0 saturated carbocycles. The number of hydrogen-bond donors (Lipinski definition) is 0. The lowest BCUT2D eigenvalue weighted by atomic mass is 9.99. The Morgan fingerprint density at radius 3 is 1.29 bits per heavy atom. The highest BCUT2D eigenvalue weighted by molar-refractivity contribution is 6.06. The number of likely N-dealkylation sites (N-methyl/N-ethyl adjacent to an activating group) is 2. The van der Waals surface area contributed by atoms with Gasteiger partial charge in [-0.05, 0) is 155 Å². The largest absolute Gasteiger partial charge is 0.369 e. The van der Waals surface area contributed by atoms with E-state index in [1.807, 2.05) is 48.8 Å². The minimum Gasteiger partial charge on any atom is -0.369 e. The van der Waals surface area contributed by atoms with Gasteiger partial charge in [-0.3, -0.25) is 20.0 Å². The monoisotopic (exact) mass is 812 g/mol. The third kappa shape index (κ3) is 7.81. The Balaban J connectivity index is 0.000000139. The van der Waals surface area contributed by atoms with Crippen molar-refractivity contribution in [1.82, 2.24) is 19.8 Å². The lowest BCUT2D eigenvalue weighted by Crippen LogP contribution is -2.44. The van der Waals surface area contributed by atoms with Gasteiger partial charge in [-0.25, -0.2) is 0 Å². The van der Waals surface area contributed by atoms with E-state index in [0.717, 1.165) is 112 Å². The van der Waals surface area contributed by atoms with Gasteiger partial charge in [-0.2, -0.15) is 0 Å². The molecule has 0 bridgehead atoms. The molecule has 6 aromatic rings. The van der Waals surface area contributed by atoms with Gasteiger partial charge in [0.2, 0.25) is 0 Å². The average Bonchev–Trinajstić information content (AvgIpc) is 4.14. The SMILES string of the molecule is CN1CCN(c2ccc3c(c2)CC(c2ccc4c(c2)CC(c2ccccn2)=N4)=C3)CC1.CN1CCN(c2ccc3c(c2)CC(c2ccc4c(c2)CC(c2ccccn2)=N4)=C3)CC1. The van der Waals surface area contributed by atoms with Crippen LogP contribution in [0.2, 0.25) is 0 Å². The lowest BCUT2D eigenvalue weighted by Gasteiger charge is -2.34. The molecule has 0 radical (unpaired) electrons. The molecule has 4 aliphatic heterocycles. The highest BCUT2D eigenvalue weighted by Crippen LogP contribution is 2.39. The van der Waals surface area contributed by atoms with Crippen molar-refractivity contribution in [1.29, 1.82) is 0 Å². The zero-order valence-corrected chi connectivity index (χ0v) is 35.8. The smallest absolute Gasteiger partial charge is 0.0848 e. The number of benzene rings is 4. The number of rotatable bonds is 6. The molecule has 8 nitrogen and oxygen atoms in total. The summed E-state index contributed by atoms with van der Waals surface area (Å²) in [6.45, 7) is 8.99. The second-order valence-corrected chi connectivity index (χ2v) is 17.6. The Hall–Kier alpha value is -6.48. The van der Waals surface area contributed by atoms with Crippen LogP contribution in [0.1, 0.15) is 55.9 Å². The molecule has 2 aliphatic carbocycles. The highest BCUT2D eigenvalue weighted by atomic mass is 15.3. The van der Waals surface area contributed by atoms with Gasteiger partial charge in [0, 0.05) is 89.0 Å². The highest BCUT2D eigenvalue weighted by Gasteiger charge is 2.24. The minimum absolute atomic E-state index is 0.855. The number of hydrogen-bond acceptors (Lipinski definition) is 8. The molecule has 6 aliphatic rings. The lowest BCUT2D eigenvalue weighted by molar-refractivity contribution is 0.313. The van der Waals surface area contributed by atoms with Gasteiger partial charge < -0.3 is 19.6 Å². The molecule has 8 heteroatoms. The Kier molecular flexibility index (Phi) is 10.2. The van der Waals surface area contributed by atoms with Crippen LogP contribution < -0.4 is 9.80 Å². The summed E-state index contributed by atoms with van der Waals surface area (Å²) in [5.41, 5.74) is 22.6. The molecule has 2 saturated heterocycles. The topological polar surface area (TPSA) is 63.5 Å². The van der Waals surface area contributed by atoms with Crippen molar-refractivity contribution in [2.45, 2.75) is 25.7 Å². The summed E-state index contributed by atoms with van der Waals surface area (Å²) in [7, 11) is 4.41. The van der Waals surface area contributed by atoms with E-state index < -0.39 is 0 Å². The third-order valence-corrected chi connectivity index (χ3v) is 13.5. The van der Waals surface area contributed by atoms with Crippen molar-refractivity contribution in [3.05, 3.63) is 177 Å². The van der Waals surface area contributed by atoms with Crippen LogP contribution in [-0.4, -0.2) is 97.6 Å². The van der Waals surface area contributed by atoms with Gasteiger partial charge in [-0.15, -0.1) is 0 Å². The first kappa shape index (κ1) is 38.4. The van der Waals surface area contributed by atoms with Crippen LogP contribution in [-0.2, 0) is 25.7 Å². The second-order valence-electron chi connectivity index (χ2n) is 17.6. The van der Waals surface area contributed by atoms with Crippen molar-refractivity contribution in [2.75, 3.05) is 76.3 Å². The Morgan fingerprint density at radius 2 is 0.871 bits per heavy atom. The fourth-order valence-corrected chi connectivity index (χ4v) is 9.72. The van der Waals surface area contributed by atoms with Crippen LogP contribution in [0.4, 0.5) is 22.7 Å². The summed E-state index contributed by atoms with van der Waals surface area (Å²) < 4.78 is 0. The molecule has 0 spiro atoms. The van der Waals surface area contributed by atoms with Crippen molar-refractivity contribution < 1.29 is 0 Å². The van der Waals surface area contributed by atoms with Crippen molar-refractivity contribution in [3.8, 4) is 0 Å². The number of anilines is 2.